The number of nitrogens with zero attached hydrogens (tertiary/aromatic N) is 3. The van der Waals surface area contributed by atoms with Crippen LogP contribution >= 0.6 is 0 Å². The van der Waals surface area contributed by atoms with Crippen LogP contribution in [0, 0.1) is 0 Å². The zero-order chi connectivity index (χ0) is 15.2. The number of hydrogen-bond acceptors (Lipinski definition) is 6. The second-order valence-electron chi connectivity index (χ2n) is 3.87. The Labute approximate surface area is 119 Å². The molecule has 2 aromatic rings. The fraction of sp³-hybridized carbons (Fsp3) is 0.0769. The van der Waals surface area contributed by atoms with E-state index in [4.69, 9.17) is 10.2 Å². The highest BCUT2D eigenvalue weighted by Gasteiger charge is 2.11. The molecule has 0 radical (unpaired) electrons. The number of benzene rings is 1. The number of carbonyl (C=O) groups excluding carboxylic acids is 1. The molecule has 0 saturated heterocycles. The van der Waals surface area contributed by atoms with Crippen LogP contribution < -0.4 is 5.73 Å². The largest absolute Gasteiger partial charge is 0.479 e. The monoisotopic (exact) mass is 288 g/mol. The molecule has 1 aromatic carbocycles. The first-order valence-corrected chi connectivity index (χ1v) is 5.86. The van der Waals surface area contributed by atoms with Crippen molar-refractivity contribution in [3.8, 4) is 17.4 Å². The minimum atomic E-state index is -0.621. The Balaban J connectivity index is 2.17. The standard InChI is InChI=1S/C13H12N4O4/c1-8(18)21-17-13(14)15-7-10-12(19)20-11(16-10)9-5-3-2-4-6-9/h2-7,19H,1H3,(H2,14,17)/b15-7+. The zero-order valence-electron chi connectivity index (χ0n) is 11.1. The normalized spacial score (nSPS) is 11.8. The summed E-state index contributed by atoms with van der Waals surface area (Å²) >= 11 is 0. The van der Waals surface area contributed by atoms with E-state index in [0.717, 1.165) is 6.21 Å². The smallest absolute Gasteiger partial charge is 0.332 e. The Morgan fingerprint density at radius 2 is 2.14 bits per heavy atom. The van der Waals surface area contributed by atoms with Gasteiger partial charge in [-0.2, -0.15) is 0 Å². The molecule has 108 valence electrons. The molecule has 0 aliphatic rings. The third kappa shape index (κ3) is 3.90. The van der Waals surface area contributed by atoms with E-state index in [1.165, 1.54) is 6.92 Å². The third-order valence-corrected chi connectivity index (χ3v) is 2.24. The van der Waals surface area contributed by atoms with E-state index >= 15 is 0 Å². The van der Waals surface area contributed by atoms with E-state index < -0.39 is 11.9 Å². The van der Waals surface area contributed by atoms with E-state index in [9.17, 15) is 9.90 Å². The third-order valence-electron chi connectivity index (χ3n) is 2.24. The quantitative estimate of drug-likeness (QED) is 0.379. The summed E-state index contributed by atoms with van der Waals surface area (Å²) in [6.07, 6.45) is 1.15. The first-order valence-electron chi connectivity index (χ1n) is 5.86. The van der Waals surface area contributed by atoms with Crippen molar-refractivity contribution >= 4 is 18.1 Å². The molecule has 0 amide bonds. The van der Waals surface area contributed by atoms with Crippen molar-refractivity contribution < 1.29 is 19.2 Å². The average Bonchev–Trinajstić information content (AvgIpc) is 2.85. The number of aliphatic imine (C=N–C) groups is 1. The van der Waals surface area contributed by atoms with Crippen molar-refractivity contribution in [1.29, 1.82) is 0 Å². The van der Waals surface area contributed by atoms with Gasteiger partial charge in [0, 0.05) is 12.5 Å². The van der Waals surface area contributed by atoms with Crippen molar-refractivity contribution in [2.45, 2.75) is 6.92 Å². The maximum absolute atomic E-state index is 10.5. The molecule has 2 rings (SSSR count). The van der Waals surface area contributed by atoms with Gasteiger partial charge in [0.05, 0.1) is 6.21 Å². The molecule has 3 N–H and O–H groups in total. The fourth-order valence-electron chi connectivity index (χ4n) is 1.37. The summed E-state index contributed by atoms with van der Waals surface area (Å²) in [6.45, 7) is 1.18. The van der Waals surface area contributed by atoms with E-state index in [2.05, 4.69) is 20.0 Å². The molecule has 21 heavy (non-hydrogen) atoms. The number of aromatic hydroxyl groups is 1. The molecule has 8 nitrogen and oxygen atoms in total. The van der Waals surface area contributed by atoms with Crippen molar-refractivity contribution in [2.24, 2.45) is 15.9 Å². The highest BCUT2D eigenvalue weighted by Crippen LogP contribution is 2.24. The fourth-order valence-corrected chi connectivity index (χ4v) is 1.37. The highest BCUT2D eigenvalue weighted by atomic mass is 16.7. The summed E-state index contributed by atoms with van der Waals surface area (Å²) in [5.41, 5.74) is 6.15. The van der Waals surface area contributed by atoms with Crippen LogP contribution in [0.25, 0.3) is 11.5 Å². The first kappa shape index (κ1) is 14.3. The topological polar surface area (TPSA) is 123 Å². The molecule has 0 aliphatic heterocycles. The molecule has 8 heteroatoms. The van der Waals surface area contributed by atoms with Gasteiger partial charge < -0.3 is 20.1 Å². The summed E-state index contributed by atoms with van der Waals surface area (Å²) in [7, 11) is 0. The molecule has 0 spiro atoms. The van der Waals surface area contributed by atoms with Gasteiger partial charge in [-0.25, -0.2) is 14.8 Å². The van der Waals surface area contributed by atoms with E-state index in [1.807, 2.05) is 18.2 Å². The molecule has 0 fully saturated rings. The second kappa shape index (κ2) is 6.33. The second-order valence-corrected chi connectivity index (χ2v) is 3.87. The SMILES string of the molecule is CC(=O)O/N=C(N)/N=C/c1nc(-c2ccccc2)oc1O. The summed E-state index contributed by atoms with van der Waals surface area (Å²) in [5.74, 6) is -1.08. The molecule has 0 bridgehead atoms. The number of aromatic nitrogens is 1. The van der Waals surface area contributed by atoms with Gasteiger partial charge in [0.2, 0.25) is 5.89 Å². The van der Waals surface area contributed by atoms with Gasteiger partial charge in [0.1, 0.15) is 0 Å². The van der Waals surface area contributed by atoms with Crippen LogP contribution in [0.1, 0.15) is 12.6 Å². The lowest BCUT2D eigenvalue weighted by Gasteiger charge is -1.91. The van der Waals surface area contributed by atoms with E-state index in [-0.39, 0.29) is 17.5 Å². The zero-order valence-corrected chi connectivity index (χ0v) is 11.1. The maximum atomic E-state index is 10.5. The Morgan fingerprint density at radius 3 is 2.81 bits per heavy atom. The number of rotatable bonds is 3. The predicted molar refractivity (Wildman–Crippen MR) is 74.6 cm³/mol. The number of oxazole rings is 1. The lowest BCUT2D eigenvalue weighted by Crippen LogP contribution is -2.10. The van der Waals surface area contributed by atoms with Crippen molar-refractivity contribution in [3.63, 3.8) is 0 Å². The number of nitrogens with two attached hydrogens (primary N) is 1. The minimum absolute atomic E-state index is 0.0785. The van der Waals surface area contributed by atoms with Crippen LogP contribution in [0.4, 0.5) is 0 Å². The Bertz CT molecular complexity index is 691. The number of guanidine groups is 1. The first-order chi connectivity index (χ1) is 10.1. The van der Waals surface area contributed by atoms with Crippen LogP contribution in [0.3, 0.4) is 0 Å². The lowest BCUT2D eigenvalue weighted by molar-refractivity contribution is -0.140. The van der Waals surface area contributed by atoms with Crippen LogP contribution in [0.5, 0.6) is 5.95 Å². The van der Waals surface area contributed by atoms with Gasteiger partial charge >= 0.3 is 11.9 Å². The van der Waals surface area contributed by atoms with Gasteiger partial charge in [-0.3, -0.25) is 0 Å². The van der Waals surface area contributed by atoms with E-state index in [0.29, 0.717) is 5.56 Å². The van der Waals surface area contributed by atoms with Gasteiger partial charge in [-0.05, 0) is 17.3 Å². The highest BCUT2D eigenvalue weighted by molar-refractivity contribution is 5.93. The molecule has 1 heterocycles. The molecular formula is C13H12N4O4. The maximum Gasteiger partial charge on any atom is 0.332 e. The van der Waals surface area contributed by atoms with Crippen LogP contribution in [0.15, 0.2) is 44.9 Å². The van der Waals surface area contributed by atoms with Gasteiger partial charge in [0.15, 0.2) is 5.69 Å². The van der Waals surface area contributed by atoms with E-state index in [1.54, 1.807) is 12.1 Å². The van der Waals surface area contributed by atoms with Crippen LogP contribution in [-0.2, 0) is 9.63 Å². The predicted octanol–water partition coefficient (Wildman–Crippen LogP) is 1.26. The number of hydrogen-bond donors (Lipinski definition) is 2. The summed E-state index contributed by atoms with van der Waals surface area (Å²) in [4.78, 5) is 22.6. The van der Waals surface area contributed by atoms with Crippen LogP contribution in [-0.4, -0.2) is 28.2 Å². The van der Waals surface area contributed by atoms with Crippen LogP contribution in [0.2, 0.25) is 0 Å². The summed E-state index contributed by atoms with van der Waals surface area (Å²) < 4.78 is 5.12. The lowest BCUT2D eigenvalue weighted by atomic mass is 10.2. The number of carbonyl (C=O) groups is 1. The van der Waals surface area contributed by atoms with Crippen molar-refractivity contribution in [3.05, 3.63) is 36.0 Å². The van der Waals surface area contributed by atoms with Gasteiger partial charge in [0.25, 0.3) is 5.96 Å². The Kier molecular flexibility index (Phi) is 4.30. The molecule has 0 saturated carbocycles. The van der Waals surface area contributed by atoms with Crippen molar-refractivity contribution in [2.75, 3.05) is 0 Å². The molecule has 0 atom stereocenters. The van der Waals surface area contributed by atoms with Crippen molar-refractivity contribution in [1.82, 2.24) is 4.98 Å². The average molecular weight is 288 g/mol. The van der Waals surface area contributed by atoms with Gasteiger partial charge in [-0.15, -0.1) is 0 Å². The Hall–Kier alpha value is -3.16. The number of oxime groups is 1. The molecular weight excluding hydrogens is 276 g/mol. The molecule has 0 aliphatic carbocycles. The summed E-state index contributed by atoms with van der Waals surface area (Å²) in [6, 6.07) is 9.04. The molecule has 0 unspecified atom stereocenters. The van der Waals surface area contributed by atoms with Gasteiger partial charge in [-0.1, -0.05) is 18.2 Å². The Morgan fingerprint density at radius 1 is 1.43 bits per heavy atom. The minimum Gasteiger partial charge on any atom is -0.479 e. The summed E-state index contributed by atoms with van der Waals surface area (Å²) in [5, 5.41) is 12.9. The molecule has 1 aromatic heterocycles.